The quantitative estimate of drug-likeness (QED) is 0.0961. The van der Waals surface area contributed by atoms with E-state index in [-0.39, 0.29) is 32.1 Å². The van der Waals surface area contributed by atoms with E-state index in [1.54, 1.807) is 30.5 Å². The average molecular weight is 576 g/mol. The monoisotopic (exact) mass is 575 g/mol. The molecule has 1 heterocycles. The Morgan fingerprint density at radius 2 is 1.34 bits per heavy atom. The smallest absolute Gasteiger partial charge is 0.326 e. The largest absolute Gasteiger partial charge is 0.481 e. The normalized spacial score (nSPS) is 13.8. The lowest BCUT2D eigenvalue weighted by atomic mass is 10.0. The van der Waals surface area contributed by atoms with Crippen molar-refractivity contribution in [3.8, 4) is 0 Å². The number of H-pyrrole nitrogens is 1. The number of nitrogens with two attached hydrogens (primary N) is 3. The van der Waals surface area contributed by atoms with Crippen LogP contribution in [-0.2, 0) is 40.0 Å². The first-order valence-corrected chi connectivity index (χ1v) is 12.5. The summed E-state index contributed by atoms with van der Waals surface area (Å²) in [6.45, 7) is 0. The molecule has 16 nitrogen and oxygen atoms in total. The lowest BCUT2D eigenvalue weighted by Gasteiger charge is -2.25. The zero-order valence-corrected chi connectivity index (χ0v) is 21.9. The maximum Gasteiger partial charge on any atom is 0.326 e. The van der Waals surface area contributed by atoms with Crippen LogP contribution in [0, 0.1) is 0 Å². The number of fused-ring (bicyclic) bond motifs is 1. The molecule has 2 rings (SSSR count). The average Bonchev–Trinajstić information content (AvgIpc) is 3.30. The molecule has 222 valence electrons. The van der Waals surface area contributed by atoms with Gasteiger partial charge < -0.3 is 48.3 Å². The molecule has 12 N–H and O–H groups in total. The minimum atomic E-state index is -1.80. The van der Waals surface area contributed by atoms with E-state index in [2.05, 4.69) is 20.9 Å². The third-order valence-corrected chi connectivity index (χ3v) is 6.08. The Bertz CT molecular complexity index is 1310. The molecule has 0 radical (unpaired) electrons. The third kappa shape index (κ3) is 10.2. The van der Waals surface area contributed by atoms with Gasteiger partial charge in [0.25, 0.3) is 0 Å². The highest BCUT2D eigenvalue weighted by Crippen LogP contribution is 2.19. The van der Waals surface area contributed by atoms with E-state index in [9.17, 15) is 38.7 Å². The molecule has 0 aliphatic rings. The molecule has 0 aliphatic heterocycles. The molecule has 4 atom stereocenters. The topological polar surface area (TPSA) is 290 Å². The number of hydrogen-bond acceptors (Lipinski definition) is 8. The van der Waals surface area contributed by atoms with Crippen LogP contribution in [0.3, 0.4) is 0 Å². The summed E-state index contributed by atoms with van der Waals surface area (Å²) in [5.74, 6) is -7.31. The Morgan fingerprint density at radius 3 is 1.95 bits per heavy atom. The van der Waals surface area contributed by atoms with Crippen LogP contribution in [0.5, 0.6) is 0 Å². The van der Waals surface area contributed by atoms with E-state index in [1.807, 2.05) is 0 Å². The fourth-order valence-corrected chi connectivity index (χ4v) is 3.91. The van der Waals surface area contributed by atoms with Gasteiger partial charge in [0.05, 0.1) is 12.5 Å². The van der Waals surface area contributed by atoms with E-state index in [1.165, 1.54) is 0 Å². The van der Waals surface area contributed by atoms with Gasteiger partial charge in [-0.25, -0.2) is 4.79 Å². The van der Waals surface area contributed by atoms with Crippen molar-refractivity contribution in [2.24, 2.45) is 17.2 Å². The zero-order chi connectivity index (χ0) is 30.7. The summed E-state index contributed by atoms with van der Waals surface area (Å²) in [6.07, 6.45) is -0.392. The Labute approximate surface area is 233 Å². The minimum Gasteiger partial charge on any atom is -0.481 e. The van der Waals surface area contributed by atoms with Crippen molar-refractivity contribution < 1.29 is 43.8 Å². The molecule has 1 aromatic carbocycles. The summed E-state index contributed by atoms with van der Waals surface area (Å²) >= 11 is 0. The molecule has 4 unspecified atom stereocenters. The molecule has 0 bridgehead atoms. The second-order valence-electron chi connectivity index (χ2n) is 9.30. The summed E-state index contributed by atoms with van der Waals surface area (Å²) in [7, 11) is 0. The molecule has 0 saturated heterocycles. The molecule has 41 heavy (non-hydrogen) atoms. The number of nitrogens with one attached hydrogen (secondary N) is 4. The summed E-state index contributed by atoms with van der Waals surface area (Å²) < 4.78 is 0. The SMILES string of the molecule is NC(=O)CCC(N)C(=O)NC(CCC(N)=O)C(=O)NC(Cc1c[nH]c2ccccc12)C(=O)NC(CC(=O)O)C(=O)O. The minimum absolute atomic E-state index is 0.114. The van der Waals surface area contributed by atoms with E-state index in [4.69, 9.17) is 22.3 Å². The van der Waals surface area contributed by atoms with Gasteiger partial charge in [-0.2, -0.15) is 0 Å². The molecule has 0 fully saturated rings. The van der Waals surface area contributed by atoms with Crippen LogP contribution in [-0.4, -0.2) is 80.8 Å². The summed E-state index contributed by atoms with van der Waals surface area (Å²) in [6, 6.07) is 1.20. The highest BCUT2D eigenvalue weighted by Gasteiger charge is 2.32. The van der Waals surface area contributed by atoms with Gasteiger partial charge in [0.2, 0.25) is 29.5 Å². The summed E-state index contributed by atoms with van der Waals surface area (Å²) in [5, 5.41) is 26.0. The number of rotatable bonds is 17. The molecule has 0 spiro atoms. The van der Waals surface area contributed by atoms with Crippen LogP contribution in [0.15, 0.2) is 30.5 Å². The molecule has 16 heteroatoms. The van der Waals surface area contributed by atoms with Gasteiger partial charge in [0, 0.05) is 36.4 Å². The van der Waals surface area contributed by atoms with Crippen LogP contribution >= 0.6 is 0 Å². The first-order chi connectivity index (χ1) is 19.3. The van der Waals surface area contributed by atoms with Crippen molar-refractivity contribution in [3.63, 3.8) is 0 Å². The van der Waals surface area contributed by atoms with Crippen LogP contribution < -0.4 is 33.2 Å². The van der Waals surface area contributed by atoms with E-state index < -0.39 is 72.1 Å². The van der Waals surface area contributed by atoms with Gasteiger partial charge in [-0.1, -0.05) is 18.2 Å². The van der Waals surface area contributed by atoms with Crippen molar-refractivity contribution in [2.75, 3.05) is 0 Å². The van der Waals surface area contributed by atoms with Gasteiger partial charge in [0.15, 0.2) is 0 Å². The number of aromatic amines is 1. The fourth-order valence-electron chi connectivity index (χ4n) is 3.91. The van der Waals surface area contributed by atoms with Crippen LogP contribution in [0.25, 0.3) is 10.9 Å². The lowest BCUT2D eigenvalue weighted by molar-refractivity contribution is -0.147. The first-order valence-electron chi connectivity index (χ1n) is 12.5. The van der Waals surface area contributed by atoms with Crippen molar-refractivity contribution in [3.05, 3.63) is 36.0 Å². The Balaban J connectivity index is 2.32. The van der Waals surface area contributed by atoms with Crippen LogP contribution in [0.4, 0.5) is 0 Å². The highest BCUT2D eigenvalue weighted by molar-refractivity contribution is 5.95. The second kappa shape index (κ2) is 15.0. The molecular weight excluding hydrogens is 542 g/mol. The predicted molar refractivity (Wildman–Crippen MR) is 143 cm³/mol. The van der Waals surface area contributed by atoms with Gasteiger partial charge in [-0.05, 0) is 24.5 Å². The Morgan fingerprint density at radius 1 is 0.780 bits per heavy atom. The number of benzene rings is 1. The van der Waals surface area contributed by atoms with Crippen LogP contribution in [0.2, 0.25) is 0 Å². The van der Waals surface area contributed by atoms with Crippen molar-refractivity contribution in [1.82, 2.24) is 20.9 Å². The number of amides is 5. The number of para-hydroxylation sites is 1. The molecule has 2 aromatic rings. The highest BCUT2D eigenvalue weighted by atomic mass is 16.4. The number of carboxylic acid groups (broad SMARTS) is 2. The van der Waals surface area contributed by atoms with E-state index in [0.29, 0.717) is 10.9 Å². The number of aromatic nitrogens is 1. The van der Waals surface area contributed by atoms with Gasteiger partial charge >= 0.3 is 11.9 Å². The lowest BCUT2D eigenvalue weighted by Crippen LogP contribution is -2.58. The van der Waals surface area contributed by atoms with Crippen LogP contribution in [0.1, 0.15) is 37.7 Å². The number of aliphatic carboxylic acids is 2. The standard InChI is InChI=1S/C25H33N7O9/c26-14(5-7-19(27)33)22(37)30-16(6-8-20(28)34)23(38)31-17(24(39)32-18(25(40)41)10-21(35)36)9-12-11-29-15-4-2-1-3-13(12)15/h1-4,11,14,16-18,29H,5-10,26H2,(H2,27,33)(H2,28,34)(H,30,37)(H,31,38)(H,32,39)(H,35,36)(H,40,41). The third-order valence-electron chi connectivity index (χ3n) is 6.08. The van der Waals surface area contributed by atoms with Crippen molar-refractivity contribution in [2.45, 2.75) is 62.7 Å². The maximum atomic E-state index is 13.3. The zero-order valence-electron chi connectivity index (χ0n) is 21.9. The van der Waals surface area contributed by atoms with E-state index >= 15 is 0 Å². The van der Waals surface area contributed by atoms with Gasteiger partial charge in [0.1, 0.15) is 18.1 Å². The molecule has 5 amide bonds. The van der Waals surface area contributed by atoms with Crippen molar-refractivity contribution in [1.29, 1.82) is 0 Å². The number of hydrogen-bond donors (Lipinski definition) is 9. The number of carbonyl (C=O) groups is 7. The maximum absolute atomic E-state index is 13.3. The molecule has 0 saturated carbocycles. The fraction of sp³-hybridized carbons (Fsp3) is 0.400. The van der Waals surface area contributed by atoms with E-state index in [0.717, 1.165) is 5.52 Å². The summed E-state index contributed by atoms with van der Waals surface area (Å²) in [4.78, 5) is 87.1. The van der Waals surface area contributed by atoms with Gasteiger partial charge in [-0.15, -0.1) is 0 Å². The Kier molecular flexibility index (Phi) is 11.8. The van der Waals surface area contributed by atoms with Gasteiger partial charge in [-0.3, -0.25) is 28.8 Å². The number of carboxylic acids is 2. The number of primary amides is 2. The first kappa shape index (κ1) is 32.2. The predicted octanol–water partition coefficient (Wildman–Crippen LogP) is -2.42. The second-order valence-corrected chi connectivity index (χ2v) is 9.30. The van der Waals surface area contributed by atoms with Crippen molar-refractivity contribution >= 4 is 52.4 Å². The summed E-state index contributed by atoms with van der Waals surface area (Å²) in [5.41, 5.74) is 17.3. The Hall–Kier alpha value is -4.99. The molecule has 1 aromatic heterocycles. The molecule has 0 aliphatic carbocycles. The molecular formula is C25H33N7O9. The number of carbonyl (C=O) groups excluding carboxylic acids is 5.